The molecule has 1 aliphatic rings. The van der Waals surface area contributed by atoms with Gasteiger partial charge in [0.1, 0.15) is 16.2 Å². The third-order valence-electron chi connectivity index (χ3n) is 3.62. The number of nitrogens with one attached hydrogen (secondary N) is 1. The van der Waals surface area contributed by atoms with Gasteiger partial charge in [-0.15, -0.1) is 0 Å². The highest BCUT2D eigenvalue weighted by Gasteiger charge is 2.14. The molecular weight excluding hydrogens is 316 g/mol. The maximum Gasteiger partial charge on any atom is 0.132 e. The minimum Gasteiger partial charge on any atom is -0.370 e. The van der Waals surface area contributed by atoms with E-state index >= 15 is 0 Å². The smallest absolute Gasteiger partial charge is 0.132 e. The average Bonchev–Trinajstić information content (AvgIpc) is 2.89. The predicted octanol–water partition coefficient (Wildman–Crippen LogP) is 3.34. The van der Waals surface area contributed by atoms with Crippen molar-refractivity contribution >= 4 is 21.7 Å². The second-order valence-corrected chi connectivity index (χ2v) is 6.55. The molecule has 1 N–H and O–H groups in total. The highest BCUT2D eigenvalue weighted by molar-refractivity contribution is 9.10. The van der Waals surface area contributed by atoms with Crippen molar-refractivity contribution in [3.63, 3.8) is 0 Å². The third kappa shape index (κ3) is 5.02. The molecule has 1 aromatic rings. The van der Waals surface area contributed by atoms with Crippen molar-refractivity contribution in [1.82, 2.24) is 14.9 Å². The van der Waals surface area contributed by atoms with Crippen LogP contribution in [0.4, 0.5) is 5.82 Å². The van der Waals surface area contributed by atoms with E-state index in [1.54, 1.807) is 0 Å². The Morgan fingerprint density at radius 1 is 1.35 bits per heavy atom. The molecule has 1 saturated heterocycles. The van der Waals surface area contributed by atoms with Gasteiger partial charge in [0, 0.05) is 25.6 Å². The first kappa shape index (κ1) is 15.7. The van der Waals surface area contributed by atoms with Crippen molar-refractivity contribution in [2.24, 2.45) is 5.92 Å². The standard InChI is InChI=1S/C15H25BrN4/c1-3-6-14-18-13(16)9-15(19-14)17-10-12(2)11-20-7-4-5-8-20/h9,12H,3-8,10-11H2,1-2H3,(H,17,18,19). The summed E-state index contributed by atoms with van der Waals surface area (Å²) < 4.78 is 0.866. The normalized spacial score (nSPS) is 17.4. The summed E-state index contributed by atoms with van der Waals surface area (Å²) in [5.74, 6) is 2.48. The lowest BCUT2D eigenvalue weighted by Crippen LogP contribution is -2.29. The first-order valence-electron chi connectivity index (χ1n) is 7.67. The molecule has 2 heterocycles. The number of likely N-dealkylation sites (tertiary alicyclic amines) is 1. The summed E-state index contributed by atoms with van der Waals surface area (Å²) >= 11 is 3.46. The van der Waals surface area contributed by atoms with Crippen LogP contribution in [0.1, 0.15) is 38.9 Å². The molecule has 20 heavy (non-hydrogen) atoms. The summed E-state index contributed by atoms with van der Waals surface area (Å²) in [6.45, 7) is 9.13. The maximum atomic E-state index is 4.56. The predicted molar refractivity (Wildman–Crippen MR) is 87.1 cm³/mol. The highest BCUT2D eigenvalue weighted by Crippen LogP contribution is 2.15. The molecule has 0 bridgehead atoms. The zero-order valence-electron chi connectivity index (χ0n) is 12.5. The zero-order valence-corrected chi connectivity index (χ0v) is 14.1. The number of hydrogen-bond acceptors (Lipinski definition) is 4. The first-order chi connectivity index (χ1) is 9.67. The molecule has 1 aromatic heterocycles. The molecule has 0 spiro atoms. The van der Waals surface area contributed by atoms with E-state index < -0.39 is 0 Å². The Morgan fingerprint density at radius 3 is 2.80 bits per heavy atom. The van der Waals surface area contributed by atoms with Crippen LogP contribution in [-0.4, -0.2) is 41.0 Å². The van der Waals surface area contributed by atoms with E-state index in [1.165, 1.54) is 32.5 Å². The van der Waals surface area contributed by atoms with Gasteiger partial charge in [0.15, 0.2) is 0 Å². The van der Waals surface area contributed by atoms with Crippen LogP contribution in [0.25, 0.3) is 0 Å². The van der Waals surface area contributed by atoms with Gasteiger partial charge in [0.25, 0.3) is 0 Å². The number of anilines is 1. The molecule has 112 valence electrons. The highest BCUT2D eigenvalue weighted by atomic mass is 79.9. The zero-order chi connectivity index (χ0) is 14.4. The molecule has 0 aromatic carbocycles. The number of halogens is 1. The van der Waals surface area contributed by atoms with Crippen LogP contribution in [0.3, 0.4) is 0 Å². The lowest BCUT2D eigenvalue weighted by Gasteiger charge is -2.20. The van der Waals surface area contributed by atoms with Gasteiger partial charge in [-0.25, -0.2) is 9.97 Å². The van der Waals surface area contributed by atoms with Crippen molar-refractivity contribution in [2.75, 3.05) is 31.5 Å². The Morgan fingerprint density at radius 2 is 2.10 bits per heavy atom. The minimum absolute atomic E-state index is 0.636. The van der Waals surface area contributed by atoms with Gasteiger partial charge in [-0.1, -0.05) is 13.8 Å². The van der Waals surface area contributed by atoms with Gasteiger partial charge >= 0.3 is 0 Å². The fraction of sp³-hybridized carbons (Fsp3) is 0.733. The third-order valence-corrected chi connectivity index (χ3v) is 4.02. The maximum absolute atomic E-state index is 4.56. The fourth-order valence-corrected chi connectivity index (χ4v) is 3.06. The topological polar surface area (TPSA) is 41.1 Å². The lowest BCUT2D eigenvalue weighted by molar-refractivity contribution is 0.294. The van der Waals surface area contributed by atoms with Crippen molar-refractivity contribution < 1.29 is 0 Å². The van der Waals surface area contributed by atoms with Gasteiger partial charge in [0.2, 0.25) is 0 Å². The van der Waals surface area contributed by atoms with E-state index in [4.69, 9.17) is 0 Å². The molecule has 0 saturated carbocycles. The summed E-state index contributed by atoms with van der Waals surface area (Å²) in [7, 11) is 0. The van der Waals surface area contributed by atoms with Crippen LogP contribution >= 0.6 is 15.9 Å². The molecule has 1 atom stereocenters. The molecule has 2 rings (SSSR count). The lowest BCUT2D eigenvalue weighted by atomic mass is 10.1. The van der Waals surface area contributed by atoms with Crippen molar-refractivity contribution in [3.8, 4) is 0 Å². The van der Waals surface area contributed by atoms with Crippen molar-refractivity contribution in [2.45, 2.75) is 39.5 Å². The monoisotopic (exact) mass is 340 g/mol. The van der Waals surface area contributed by atoms with Gasteiger partial charge in [-0.05, 0) is 54.2 Å². The summed E-state index contributed by atoms with van der Waals surface area (Å²) in [4.78, 5) is 11.5. The fourth-order valence-electron chi connectivity index (χ4n) is 2.64. The number of aryl methyl sites for hydroxylation is 1. The SMILES string of the molecule is CCCc1nc(Br)cc(NCC(C)CN2CCCC2)n1. The summed E-state index contributed by atoms with van der Waals surface area (Å²) in [6, 6.07) is 1.96. The molecular formula is C15H25BrN4. The van der Waals surface area contributed by atoms with Gasteiger partial charge < -0.3 is 10.2 Å². The quantitative estimate of drug-likeness (QED) is 0.773. The van der Waals surface area contributed by atoms with Crippen molar-refractivity contribution in [3.05, 3.63) is 16.5 Å². The van der Waals surface area contributed by atoms with Gasteiger partial charge in [0.05, 0.1) is 0 Å². The van der Waals surface area contributed by atoms with Gasteiger partial charge in [-0.3, -0.25) is 0 Å². The average molecular weight is 341 g/mol. The number of aromatic nitrogens is 2. The Balaban J connectivity index is 1.82. The van der Waals surface area contributed by atoms with E-state index in [9.17, 15) is 0 Å². The van der Waals surface area contributed by atoms with E-state index in [2.05, 4.69) is 50.0 Å². The Labute approximate surface area is 130 Å². The number of rotatable bonds is 7. The Kier molecular flexibility index (Phi) is 6.23. The second kappa shape index (κ2) is 7.93. The van der Waals surface area contributed by atoms with Crippen LogP contribution in [0.15, 0.2) is 10.7 Å². The molecule has 0 aliphatic carbocycles. The summed E-state index contributed by atoms with van der Waals surface area (Å²) in [5.41, 5.74) is 0. The summed E-state index contributed by atoms with van der Waals surface area (Å²) in [5, 5.41) is 3.45. The summed E-state index contributed by atoms with van der Waals surface area (Å²) in [6.07, 6.45) is 4.72. The van der Waals surface area contributed by atoms with E-state index in [0.29, 0.717) is 5.92 Å². The second-order valence-electron chi connectivity index (χ2n) is 5.74. The van der Waals surface area contributed by atoms with E-state index in [0.717, 1.165) is 35.6 Å². The number of nitrogens with zero attached hydrogens (tertiary/aromatic N) is 3. The van der Waals surface area contributed by atoms with Gasteiger partial charge in [-0.2, -0.15) is 0 Å². The number of hydrogen-bond donors (Lipinski definition) is 1. The Bertz CT molecular complexity index is 418. The molecule has 0 radical (unpaired) electrons. The molecule has 4 nitrogen and oxygen atoms in total. The largest absolute Gasteiger partial charge is 0.370 e. The molecule has 0 amide bonds. The molecule has 5 heteroatoms. The minimum atomic E-state index is 0.636. The van der Waals surface area contributed by atoms with Crippen LogP contribution in [0, 0.1) is 5.92 Å². The van der Waals surface area contributed by atoms with E-state index in [-0.39, 0.29) is 0 Å². The van der Waals surface area contributed by atoms with Crippen LogP contribution < -0.4 is 5.32 Å². The first-order valence-corrected chi connectivity index (χ1v) is 8.46. The molecule has 1 unspecified atom stereocenters. The van der Waals surface area contributed by atoms with E-state index in [1.807, 2.05) is 6.07 Å². The van der Waals surface area contributed by atoms with Crippen molar-refractivity contribution in [1.29, 1.82) is 0 Å². The van der Waals surface area contributed by atoms with Crippen LogP contribution in [-0.2, 0) is 6.42 Å². The van der Waals surface area contributed by atoms with Crippen LogP contribution in [0.5, 0.6) is 0 Å². The molecule has 1 aliphatic heterocycles. The Hall–Kier alpha value is -0.680. The molecule has 1 fully saturated rings. The van der Waals surface area contributed by atoms with Crippen LogP contribution in [0.2, 0.25) is 0 Å².